The average Bonchev–Trinajstić information content (AvgIpc) is 3.63. The minimum absolute atomic E-state index is 0.0241. The summed E-state index contributed by atoms with van der Waals surface area (Å²) in [5.41, 5.74) is 2.75. The zero-order valence-corrected chi connectivity index (χ0v) is 29.2. The highest BCUT2D eigenvalue weighted by Crippen LogP contribution is 2.33. The van der Waals surface area contributed by atoms with Crippen molar-refractivity contribution in [3.8, 4) is 11.5 Å². The van der Waals surface area contributed by atoms with Crippen LogP contribution in [0.5, 0.6) is 11.5 Å². The molecule has 0 aliphatic heterocycles. The molecule has 0 spiro atoms. The lowest BCUT2D eigenvalue weighted by Gasteiger charge is -2.34. The first kappa shape index (κ1) is 35.5. The molecule has 0 radical (unpaired) electrons. The topological polar surface area (TPSA) is 105 Å². The number of para-hydroxylation sites is 2. The van der Waals surface area contributed by atoms with Crippen LogP contribution in [0.25, 0.3) is 0 Å². The van der Waals surface area contributed by atoms with Gasteiger partial charge in [-0.25, -0.2) is 8.42 Å². The molecule has 2 amide bonds. The Morgan fingerprint density at radius 2 is 1.55 bits per heavy atom. The molecule has 0 unspecified atom stereocenters. The maximum absolute atomic E-state index is 14.8. The number of aryl methyl sites for hydroxylation is 1. The predicted octanol–water partition coefficient (Wildman–Crippen LogP) is 6.30. The fourth-order valence-corrected chi connectivity index (χ4v) is 7.61. The molecule has 4 aromatic carbocycles. The van der Waals surface area contributed by atoms with Crippen LogP contribution >= 0.6 is 0 Å². The van der Waals surface area contributed by atoms with E-state index in [1.165, 1.54) is 17.0 Å². The van der Waals surface area contributed by atoms with Gasteiger partial charge in [0.05, 0.1) is 24.3 Å². The second kappa shape index (κ2) is 16.5. The summed E-state index contributed by atoms with van der Waals surface area (Å²) in [5, 5.41) is 3.21. The number of benzene rings is 4. The third-order valence-corrected chi connectivity index (χ3v) is 10.6. The van der Waals surface area contributed by atoms with Gasteiger partial charge in [0.2, 0.25) is 11.8 Å². The zero-order chi connectivity index (χ0) is 34.8. The van der Waals surface area contributed by atoms with Crippen LogP contribution in [0.2, 0.25) is 0 Å². The van der Waals surface area contributed by atoms with Crippen molar-refractivity contribution in [1.82, 2.24) is 10.2 Å². The molecule has 1 aliphatic carbocycles. The molecule has 1 fully saturated rings. The van der Waals surface area contributed by atoms with Crippen LogP contribution in [0, 0.1) is 6.92 Å². The van der Waals surface area contributed by atoms with E-state index in [1.807, 2.05) is 68.4 Å². The Morgan fingerprint density at radius 3 is 2.24 bits per heavy atom. The van der Waals surface area contributed by atoms with Gasteiger partial charge in [0.25, 0.3) is 10.0 Å². The number of amides is 2. The number of sulfonamides is 1. The van der Waals surface area contributed by atoms with Gasteiger partial charge in [0, 0.05) is 19.0 Å². The van der Waals surface area contributed by atoms with Crippen molar-refractivity contribution >= 4 is 27.5 Å². The Hall–Kier alpha value is -4.83. The standard InChI is InChI=1S/C39H45N3O6S/c1-4-48-37-20-11-10-19-35(37)42(49(45,46)34-23-21-29(2)22-24-34)28-38(43)41(27-31-15-12-18-33(25-31)47-3)36(26-30-13-6-5-7-14-30)39(44)40-32-16-8-9-17-32/h5-7,10-15,18-25,32,36H,4,8-9,16-17,26-28H2,1-3H3,(H,40,44)/t36-/m1/s1. The smallest absolute Gasteiger partial charge is 0.264 e. The fraction of sp³-hybridized carbons (Fsp3) is 0.333. The number of hydrogen-bond donors (Lipinski definition) is 1. The van der Waals surface area contributed by atoms with Crippen molar-refractivity contribution in [2.45, 2.75) is 69.5 Å². The molecular formula is C39H45N3O6S. The van der Waals surface area contributed by atoms with Gasteiger partial charge in [-0.1, -0.05) is 85.1 Å². The summed E-state index contributed by atoms with van der Waals surface area (Å²) in [6, 6.07) is 29.3. The molecular weight excluding hydrogens is 639 g/mol. The van der Waals surface area contributed by atoms with E-state index in [-0.39, 0.29) is 35.5 Å². The molecule has 9 nitrogen and oxygen atoms in total. The summed E-state index contributed by atoms with van der Waals surface area (Å²) in [4.78, 5) is 30.6. The van der Waals surface area contributed by atoms with Crippen LogP contribution in [0.4, 0.5) is 5.69 Å². The van der Waals surface area contributed by atoms with Crippen molar-refractivity contribution in [3.63, 3.8) is 0 Å². The van der Waals surface area contributed by atoms with E-state index in [0.29, 0.717) is 18.1 Å². The molecule has 258 valence electrons. The molecule has 49 heavy (non-hydrogen) atoms. The molecule has 4 aromatic rings. The van der Waals surface area contributed by atoms with Crippen molar-refractivity contribution < 1.29 is 27.5 Å². The van der Waals surface area contributed by atoms with Crippen molar-refractivity contribution in [2.75, 3.05) is 24.6 Å². The lowest BCUT2D eigenvalue weighted by atomic mass is 10.0. The van der Waals surface area contributed by atoms with Gasteiger partial charge >= 0.3 is 0 Å². The first-order valence-corrected chi connectivity index (χ1v) is 18.2. The van der Waals surface area contributed by atoms with Crippen LogP contribution in [-0.4, -0.2) is 57.5 Å². The first-order chi connectivity index (χ1) is 23.7. The minimum Gasteiger partial charge on any atom is -0.497 e. The molecule has 1 N–H and O–H groups in total. The molecule has 0 saturated heterocycles. The van der Waals surface area contributed by atoms with E-state index >= 15 is 0 Å². The second-order valence-electron chi connectivity index (χ2n) is 12.3. The highest BCUT2D eigenvalue weighted by molar-refractivity contribution is 7.92. The van der Waals surface area contributed by atoms with E-state index in [1.54, 1.807) is 43.5 Å². The first-order valence-electron chi connectivity index (χ1n) is 16.8. The van der Waals surface area contributed by atoms with Crippen LogP contribution in [0.1, 0.15) is 49.3 Å². The van der Waals surface area contributed by atoms with Gasteiger partial charge < -0.3 is 19.7 Å². The van der Waals surface area contributed by atoms with E-state index in [2.05, 4.69) is 5.32 Å². The molecule has 1 saturated carbocycles. The molecule has 0 heterocycles. The van der Waals surface area contributed by atoms with Gasteiger partial charge in [0.1, 0.15) is 24.1 Å². The van der Waals surface area contributed by atoms with Crippen LogP contribution in [0.15, 0.2) is 108 Å². The highest BCUT2D eigenvalue weighted by atomic mass is 32.2. The van der Waals surface area contributed by atoms with Gasteiger partial charge in [-0.15, -0.1) is 0 Å². The number of ether oxygens (including phenoxy) is 2. The number of nitrogens with one attached hydrogen (secondary N) is 1. The van der Waals surface area contributed by atoms with Gasteiger partial charge in [-0.3, -0.25) is 13.9 Å². The Balaban J connectivity index is 1.60. The maximum atomic E-state index is 14.8. The summed E-state index contributed by atoms with van der Waals surface area (Å²) in [6.07, 6.45) is 4.07. The van der Waals surface area contributed by atoms with Crippen molar-refractivity contribution in [1.29, 1.82) is 0 Å². The SMILES string of the molecule is CCOc1ccccc1N(CC(=O)N(Cc1cccc(OC)c1)[C@H](Cc1ccccc1)C(=O)NC1CCCC1)S(=O)(=O)c1ccc(C)cc1. The monoisotopic (exact) mass is 683 g/mol. The summed E-state index contributed by atoms with van der Waals surface area (Å²) < 4.78 is 41.3. The Morgan fingerprint density at radius 1 is 0.878 bits per heavy atom. The fourth-order valence-electron chi connectivity index (χ4n) is 6.18. The van der Waals surface area contributed by atoms with E-state index in [9.17, 15) is 18.0 Å². The second-order valence-corrected chi connectivity index (χ2v) is 14.2. The molecule has 10 heteroatoms. The van der Waals surface area contributed by atoms with Crippen LogP contribution < -0.4 is 19.1 Å². The molecule has 1 atom stereocenters. The third kappa shape index (κ3) is 9.00. The Bertz CT molecular complexity index is 1810. The number of carbonyl (C=O) groups is 2. The highest BCUT2D eigenvalue weighted by Gasteiger charge is 2.36. The quantitative estimate of drug-likeness (QED) is 0.158. The van der Waals surface area contributed by atoms with E-state index < -0.39 is 28.5 Å². The largest absolute Gasteiger partial charge is 0.497 e. The van der Waals surface area contributed by atoms with Gasteiger partial charge in [0.15, 0.2) is 0 Å². The van der Waals surface area contributed by atoms with Gasteiger partial charge in [-0.05, 0) is 74.2 Å². The van der Waals surface area contributed by atoms with E-state index in [0.717, 1.165) is 46.7 Å². The normalized spacial score (nSPS) is 13.8. The Labute approximate surface area is 289 Å². The summed E-state index contributed by atoms with van der Waals surface area (Å²) in [6.45, 7) is 3.48. The number of methoxy groups -OCH3 is 1. The lowest BCUT2D eigenvalue weighted by Crippen LogP contribution is -2.54. The molecule has 0 aromatic heterocycles. The number of hydrogen-bond acceptors (Lipinski definition) is 6. The Kier molecular flexibility index (Phi) is 12.0. The van der Waals surface area contributed by atoms with Gasteiger partial charge in [-0.2, -0.15) is 0 Å². The number of rotatable bonds is 15. The summed E-state index contributed by atoms with van der Waals surface area (Å²) >= 11 is 0. The zero-order valence-electron chi connectivity index (χ0n) is 28.4. The average molecular weight is 684 g/mol. The lowest BCUT2D eigenvalue weighted by molar-refractivity contribution is -0.140. The third-order valence-electron chi connectivity index (χ3n) is 8.78. The molecule has 5 rings (SSSR count). The van der Waals surface area contributed by atoms with Crippen molar-refractivity contribution in [2.24, 2.45) is 0 Å². The van der Waals surface area contributed by atoms with Crippen LogP contribution in [0.3, 0.4) is 0 Å². The van der Waals surface area contributed by atoms with E-state index in [4.69, 9.17) is 9.47 Å². The number of anilines is 1. The number of carbonyl (C=O) groups excluding carboxylic acids is 2. The number of nitrogens with zero attached hydrogens (tertiary/aromatic N) is 2. The molecule has 1 aliphatic rings. The van der Waals surface area contributed by atoms with Crippen molar-refractivity contribution in [3.05, 3.63) is 120 Å². The predicted molar refractivity (Wildman–Crippen MR) is 191 cm³/mol. The summed E-state index contributed by atoms with van der Waals surface area (Å²) in [7, 11) is -2.69. The minimum atomic E-state index is -4.26. The summed E-state index contributed by atoms with van der Waals surface area (Å²) in [5.74, 6) is 0.128. The maximum Gasteiger partial charge on any atom is 0.264 e. The molecule has 0 bridgehead atoms. The van der Waals surface area contributed by atoms with Crippen LogP contribution in [-0.2, 0) is 32.6 Å².